The van der Waals surface area contributed by atoms with Gasteiger partial charge in [-0.15, -0.1) is 11.3 Å². The number of halogens is 2. The van der Waals surface area contributed by atoms with Crippen LogP contribution in [0.1, 0.15) is 12.5 Å². The second-order valence-electron chi connectivity index (χ2n) is 7.22. The van der Waals surface area contributed by atoms with Gasteiger partial charge < -0.3 is 15.2 Å². The van der Waals surface area contributed by atoms with Crippen LogP contribution in [0.25, 0.3) is 11.3 Å². The number of benzene rings is 2. The van der Waals surface area contributed by atoms with E-state index in [1.54, 1.807) is 41.8 Å². The van der Waals surface area contributed by atoms with Gasteiger partial charge >= 0.3 is 0 Å². The molecule has 0 aliphatic rings. The minimum Gasteiger partial charge on any atom is -0.504 e. The lowest BCUT2D eigenvalue weighted by atomic mass is 10.2. The van der Waals surface area contributed by atoms with E-state index in [1.165, 1.54) is 30.6 Å². The topological polar surface area (TPSA) is 83.5 Å². The summed E-state index contributed by atoms with van der Waals surface area (Å²) in [7, 11) is -1.20. The van der Waals surface area contributed by atoms with E-state index >= 15 is 0 Å². The van der Waals surface area contributed by atoms with Crippen LogP contribution in [0.5, 0.6) is 11.5 Å². The third-order valence-corrected chi connectivity index (χ3v) is 7.24. The fourth-order valence-corrected chi connectivity index (χ4v) is 5.15. The fraction of sp³-hybridized carbons (Fsp3) is 0.167. The number of anilines is 1. The van der Waals surface area contributed by atoms with Crippen LogP contribution in [0.2, 0.25) is 5.02 Å². The Morgan fingerprint density at radius 3 is 2.88 bits per heavy atom. The van der Waals surface area contributed by atoms with Gasteiger partial charge in [0, 0.05) is 28.7 Å². The second kappa shape index (κ2) is 11.4. The summed E-state index contributed by atoms with van der Waals surface area (Å²) in [5.41, 5.74) is 2.61. The average Bonchev–Trinajstić information content (AvgIpc) is 3.26. The van der Waals surface area contributed by atoms with Gasteiger partial charge in [-0.2, -0.15) is 0 Å². The molecule has 0 aliphatic heterocycles. The van der Waals surface area contributed by atoms with Gasteiger partial charge in [0.1, 0.15) is 5.82 Å². The molecule has 1 atom stereocenters. The molecule has 3 N–H and O–H groups in total. The number of thiazole rings is 1. The van der Waals surface area contributed by atoms with Crippen molar-refractivity contribution in [1.29, 1.82) is 0 Å². The Morgan fingerprint density at radius 1 is 1.38 bits per heavy atom. The normalized spacial score (nSPS) is 13.6. The van der Waals surface area contributed by atoms with Gasteiger partial charge in [0.05, 0.1) is 33.3 Å². The highest BCUT2D eigenvalue weighted by Gasteiger charge is 2.10. The molecule has 0 fully saturated rings. The van der Waals surface area contributed by atoms with Crippen molar-refractivity contribution in [3.05, 3.63) is 82.1 Å². The zero-order chi connectivity index (χ0) is 24.7. The number of nitrogens with one attached hydrogen (secondary N) is 2. The van der Waals surface area contributed by atoms with Crippen LogP contribution in [-0.2, 0) is 16.3 Å². The van der Waals surface area contributed by atoms with Gasteiger partial charge in [0.15, 0.2) is 16.6 Å². The van der Waals surface area contributed by atoms with E-state index in [-0.39, 0.29) is 16.5 Å². The molecule has 0 saturated carbocycles. The number of allylic oxidation sites excluding steroid dienone is 2. The fourth-order valence-electron chi connectivity index (χ4n) is 2.97. The molecule has 1 unspecified atom stereocenters. The molecule has 180 valence electrons. The Balaban J connectivity index is 1.58. The lowest BCUT2D eigenvalue weighted by Gasteiger charge is -2.11. The largest absolute Gasteiger partial charge is 0.504 e. The number of phenolic OH excluding ortho intramolecular Hbond substituents is 1. The monoisotopic (exact) mass is 521 g/mol. The van der Waals surface area contributed by atoms with Crippen molar-refractivity contribution in [3.63, 3.8) is 0 Å². The second-order valence-corrected chi connectivity index (χ2v) is 10.6. The van der Waals surface area contributed by atoms with Crippen LogP contribution in [-0.4, -0.2) is 33.0 Å². The molecule has 0 bridgehead atoms. The summed E-state index contributed by atoms with van der Waals surface area (Å²) in [6.45, 7) is 2.26. The maximum atomic E-state index is 13.7. The summed E-state index contributed by atoms with van der Waals surface area (Å²) in [5.74, 6) is 3.93. The van der Waals surface area contributed by atoms with E-state index in [1.807, 2.05) is 13.0 Å². The van der Waals surface area contributed by atoms with E-state index in [9.17, 15) is 13.7 Å². The van der Waals surface area contributed by atoms with Crippen molar-refractivity contribution in [1.82, 2.24) is 10.3 Å². The van der Waals surface area contributed by atoms with Crippen molar-refractivity contribution in [2.24, 2.45) is 0 Å². The number of rotatable bonds is 10. The number of nitrogens with zero attached hydrogens (tertiary/aromatic N) is 1. The zero-order valence-corrected chi connectivity index (χ0v) is 21.1. The number of aromatic hydroxyl groups is 1. The van der Waals surface area contributed by atoms with E-state index in [0.29, 0.717) is 34.2 Å². The molecule has 1 heterocycles. The number of methoxy groups -OCH3 is 1. The number of para-hydroxylation sites is 1. The predicted molar refractivity (Wildman–Crippen MR) is 141 cm³/mol. The van der Waals surface area contributed by atoms with Crippen molar-refractivity contribution < 1.29 is 18.4 Å². The van der Waals surface area contributed by atoms with E-state index in [0.717, 1.165) is 5.70 Å². The van der Waals surface area contributed by atoms with Crippen molar-refractivity contribution in [2.45, 2.75) is 13.5 Å². The summed E-state index contributed by atoms with van der Waals surface area (Å²) in [6, 6.07) is 9.74. The lowest BCUT2D eigenvalue weighted by molar-refractivity contribution is 0.370. The van der Waals surface area contributed by atoms with Crippen molar-refractivity contribution in [2.75, 3.05) is 17.6 Å². The summed E-state index contributed by atoms with van der Waals surface area (Å²) in [4.78, 5) is 4.38. The van der Waals surface area contributed by atoms with Crippen molar-refractivity contribution in [3.8, 4) is 22.8 Å². The van der Waals surface area contributed by atoms with Crippen LogP contribution < -0.4 is 14.8 Å². The molecular weight excluding hydrogens is 497 g/mol. The van der Waals surface area contributed by atoms with Gasteiger partial charge in [0.2, 0.25) is 0 Å². The Labute approximate surface area is 207 Å². The summed E-state index contributed by atoms with van der Waals surface area (Å²) >= 11 is 6.99. The number of hydrogen-bond donors (Lipinski definition) is 3. The minimum absolute atomic E-state index is 0.0418. The first kappa shape index (κ1) is 25.6. The van der Waals surface area contributed by atoms with Gasteiger partial charge in [-0.1, -0.05) is 42.0 Å². The molecule has 0 spiro atoms. The first-order chi connectivity index (χ1) is 16.2. The molecule has 0 aliphatic carbocycles. The standard InChI is InChI=1S/C24H25ClFN3O3S2/c1-4-18(27-14-17-7-5-9-22(32-2)23(17)30)8-6-12-34(3,31)29-24-28-21(15-33-24)16-10-11-19(25)20(26)13-16/h4-11,13,15,27,30H,3,12,14H2,1-2H3,(H,28,29,31)/b8-6-,18-4+. The SMILES string of the molecule is C=S(=O)(C/C=C\C(=C/C)NCc1cccc(OC)c1O)Nc1nc(-c2ccc(Cl)c(F)c2)cs1. The van der Waals surface area contributed by atoms with Gasteiger partial charge in [-0.25, -0.2) is 13.6 Å². The molecule has 3 aromatic rings. The quantitative estimate of drug-likeness (QED) is 0.238. The van der Waals surface area contributed by atoms with Crippen LogP contribution in [0.3, 0.4) is 0 Å². The molecule has 3 rings (SSSR count). The van der Waals surface area contributed by atoms with Crippen LogP contribution in [0, 0.1) is 5.82 Å². The molecule has 1 aromatic heterocycles. The van der Waals surface area contributed by atoms with E-state index in [4.69, 9.17) is 16.3 Å². The first-order valence-corrected chi connectivity index (χ1v) is 13.3. The Bertz CT molecular complexity index is 1320. The molecule has 2 aromatic carbocycles. The smallest absolute Gasteiger partial charge is 0.194 e. The zero-order valence-electron chi connectivity index (χ0n) is 18.7. The predicted octanol–water partition coefficient (Wildman–Crippen LogP) is 5.61. The van der Waals surface area contributed by atoms with Crippen LogP contribution >= 0.6 is 22.9 Å². The average molecular weight is 522 g/mol. The highest BCUT2D eigenvalue weighted by Crippen LogP contribution is 2.30. The number of phenols is 1. The first-order valence-electron chi connectivity index (χ1n) is 10.2. The molecule has 34 heavy (non-hydrogen) atoms. The number of aromatic nitrogens is 1. The summed E-state index contributed by atoms with van der Waals surface area (Å²) in [5, 5.41) is 15.6. The summed E-state index contributed by atoms with van der Waals surface area (Å²) in [6.07, 6.45) is 5.41. The number of ether oxygens (including phenoxy) is 1. The van der Waals surface area contributed by atoms with Crippen molar-refractivity contribution >= 4 is 43.6 Å². The Morgan fingerprint density at radius 2 is 2.18 bits per heavy atom. The van der Waals surface area contributed by atoms with Gasteiger partial charge in [0.25, 0.3) is 0 Å². The third-order valence-electron chi connectivity index (χ3n) is 4.75. The van der Waals surface area contributed by atoms with Gasteiger partial charge in [-0.05, 0) is 37.1 Å². The molecule has 0 radical (unpaired) electrons. The minimum atomic E-state index is -2.70. The maximum absolute atomic E-state index is 13.7. The third kappa shape index (κ3) is 6.75. The molecule has 0 saturated heterocycles. The maximum Gasteiger partial charge on any atom is 0.194 e. The molecular formula is C24H25ClFN3O3S2. The highest BCUT2D eigenvalue weighted by molar-refractivity contribution is 8.01. The van der Waals surface area contributed by atoms with Crippen LogP contribution in [0.4, 0.5) is 9.52 Å². The Hall–Kier alpha value is -3.01. The van der Waals surface area contributed by atoms with E-state index < -0.39 is 15.5 Å². The number of hydrogen-bond acceptors (Lipinski definition) is 6. The molecule has 6 nitrogen and oxygen atoms in total. The highest BCUT2D eigenvalue weighted by atomic mass is 35.5. The summed E-state index contributed by atoms with van der Waals surface area (Å²) < 4.78 is 34.6. The molecule has 0 amide bonds. The Kier molecular flexibility index (Phi) is 8.60. The van der Waals surface area contributed by atoms with Gasteiger partial charge in [-0.3, -0.25) is 4.72 Å². The lowest BCUT2D eigenvalue weighted by Crippen LogP contribution is -2.15. The van der Waals surface area contributed by atoms with Crippen LogP contribution in [0.15, 0.2) is 65.7 Å². The van der Waals surface area contributed by atoms with E-state index in [2.05, 4.69) is 20.9 Å². The molecule has 10 heteroatoms.